The molecule has 0 atom stereocenters. The van der Waals surface area contributed by atoms with E-state index >= 15 is 0 Å². The number of benzene rings is 2. The Labute approximate surface area is 203 Å². The van der Waals surface area contributed by atoms with Gasteiger partial charge in [-0.1, -0.05) is 44.2 Å². The molecule has 0 fully saturated rings. The summed E-state index contributed by atoms with van der Waals surface area (Å²) in [5, 5.41) is 6.65. The fourth-order valence-corrected chi connectivity index (χ4v) is 2.80. The highest BCUT2D eigenvalue weighted by Gasteiger charge is 2.08. The van der Waals surface area contributed by atoms with Crippen LogP contribution in [0.3, 0.4) is 0 Å². The van der Waals surface area contributed by atoms with E-state index in [1.807, 2.05) is 42.5 Å². The lowest BCUT2D eigenvalue weighted by molar-refractivity contribution is 0.0827. The maximum absolute atomic E-state index is 12.0. The lowest BCUT2D eigenvalue weighted by Gasteiger charge is -2.15. The molecule has 31 heavy (non-hydrogen) atoms. The van der Waals surface area contributed by atoms with Gasteiger partial charge in [-0.05, 0) is 36.1 Å². The summed E-state index contributed by atoms with van der Waals surface area (Å²) >= 11 is 0. The van der Waals surface area contributed by atoms with Gasteiger partial charge in [-0.25, -0.2) is 0 Å². The van der Waals surface area contributed by atoms with Gasteiger partial charge in [-0.3, -0.25) is 9.79 Å². The Morgan fingerprint density at radius 3 is 2.29 bits per heavy atom. The maximum atomic E-state index is 12.0. The summed E-state index contributed by atoms with van der Waals surface area (Å²) in [6.45, 7) is 6.34. The number of amides is 1. The Balaban J connectivity index is 0.00000480. The van der Waals surface area contributed by atoms with Gasteiger partial charge in [0.25, 0.3) is 5.91 Å². The molecule has 6 nitrogen and oxygen atoms in total. The molecule has 0 radical (unpaired) electrons. The number of hydrogen-bond acceptors (Lipinski definition) is 3. The molecule has 0 unspecified atom stereocenters. The van der Waals surface area contributed by atoms with Crippen molar-refractivity contribution < 1.29 is 9.53 Å². The predicted octanol–water partition coefficient (Wildman–Crippen LogP) is 4.30. The summed E-state index contributed by atoms with van der Waals surface area (Å²) in [4.78, 5) is 17.9. The minimum absolute atomic E-state index is 0. The number of nitrogens with zero attached hydrogens (tertiary/aromatic N) is 2. The summed E-state index contributed by atoms with van der Waals surface area (Å²) in [5.74, 6) is 2.23. The second kappa shape index (κ2) is 13.9. The number of rotatable bonds is 9. The number of carbonyl (C=O) groups is 1. The Kier molecular flexibility index (Phi) is 12.0. The smallest absolute Gasteiger partial charge is 0.253 e. The van der Waals surface area contributed by atoms with Gasteiger partial charge >= 0.3 is 0 Å². The molecule has 0 saturated carbocycles. The van der Waals surface area contributed by atoms with E-state index in [0.29, 0.717) is 37.1 Å². The van der Waals surface area contributed by atoms with Crippen LogP contribution in [-0.2, 0) is 13.1 Å². The number of hydrogen-bond donors (Lipinski definition) is 2. The normalized spacial score (nSPS) is 11.0. The number of carbonyl (C=O) groups excluding carboxylic acids is 1. The van der Waals surface area contributed by atoms with Crippen molar-refractivity contribution in [2.45, 2.75) is 33.4 Å². The van der Waals surface area contributed by atoms with Gasteiger partial charge in [-0.15, -0.1) is 24.0 Å². The molecule has 0 heterocycles. The van der Waals surface area contributed by atoms with Crippen molar-refractivity contribution in [1.82, 2.24) is 15.5 Å². The molecular formula is C24H35IN4O2. The highest BCUT2D eigenvalue weighted by Crippen LogP contribution is 2.18. The van der Waals surface area contributed by atoms with Crippen LogP contribution in [0.2, 0.25) is 0 Å². The van der Waals surface area contributed by atoms with Gasteiger partial charge < -0.3 is 20.3 Å². The first kappa shape index (κ1) is 26.7. The molecule has 0 aliphatic rings. The van der Waals surface area contributed by atoms with E-state index in [1.54, 1.807) is 26.0 Å². The molecule has 7 heteroatoms. The van der Waals surface area contributed by atoms with Crippen LogP contribution in [0.4, 0.5) is 0 Å². The highest BCUT2D eigenvalue weighted by atomic mass is 127. The van der Waals surface area contributed by atoms with Gasteiger partial charge in [-0.2, -0.15) is 0 Å². The fraction of sp³-hybridized carbons (Fsp3) is 0.417. The molecule has 170 valence electrons. The van der Waals surface area contributed by atoms with Crippen LogP contribution in [0.15, 0.2) is 53.5 Å². The molecule has 2 aromatic carbocycles. The molecular weight excluding hydrogens is 503 g/mol. The van der Waals surface area contributed by atoms with Crippen LogP contribution in [0.5, 0.6) is 5.75 Å². The zero-order valence-corrected chi connectivity index (χ0v) is 21.5. The van der Waals surface area contributed by atoms with Gasteiger partial charge in [0.05, 0.1) is 6.61 Å². The first-order valence-electron chi connectivity index (χ1n) is 10.4. The molecule has 0 aliphatic carbocycles. The lowest BCUT2D eigenvalue weighted by atomic mass is 10.1. The average molecular weight is 538 g/mol. The summed E-state index contributed by atoms with van der Waals surface area (Å²) < 4.78 is 5.96. The second-order valence-corrected chi connectivity index (χ2v) is 7.81. The van der Waals surface area contributed by atoms with E-state index in [0.717, 1.165) is 23.3 Å². The largest absolute Gasteiger partial charge is 0.493 e. The second-order valence-electron chi connectivity index (χ2n) is 7.81. The van der Waals surface area contributed by atoms with E-state index in [-0.39, 0.29) is 29.9 Å². The minimum atomic E-state index is 0. The van der Waals surface area contributed by atoms with Crippen LogP contribution >= 0.6 is 24.0 Å². The average Bonchev–Trinajstić information content (AvgIpc) is 2.74. The van der Waals surface area contributed by atoms with Crippen molar-refractivity contribution in [1.29, 1.82) is 0 Å². The van der Waals surface area contributed by atoms with Crippen LogP contribution in [-0.4, -0.2) is 44.5 Å². The van der Waals surface area contributed by atoms with Crippen molar-refractivity contribution >= 4 is 35.8 Å². The van der Waals surface area contributed by atoms with Crippen LogP contribution in [0.1, 0.15) is 41.8 Å². The highest BCUT2D eigenvalue weighted by molar-refractivity contribution is 14.0. The quantitative estimate of drug-likeness (QED) is 0.284. The van der Waals surface area contributed by atoms with E-state index in [4.69, 9.17) is 4.74 Å². The van der Waals surface area contributed by atoms with Crippen LogP contribution in [0, 0.1) is 5.92 Å². The first-order valence-corrected chi connectivity index (χ1v) is 10.4. The van der Waals surface area contributed by atoms with E-state index in [2.05, 4.69) is 35.5 Å². The molecule has 2 aromatic rings. The summed E-state index contributed by atoms with van der Waals surface area (Å²) in [5.41, 5.74) is 2.85. The van der Waals surface area contributed by atoms with Crippen LogP contribution < -0.4 is 15.4 Å². The van der Waals surface area contributed by atoms with Crippen molar-refractivity contribution in [3.8, 4) is 5.75 Å². The van der Waals surface area contributed by atoms with Crippen molar-refractivity contribution in [3.05, 3.63) is 65.2 Å². The third-order valence-electron chi connectivity index (χ3n) is 4.66. The fourth-order valence-electron chi connectivity index (χ4n) is 2.80. The Bertz CT molecular complexity index is 836. The minimum Gasteiger partial charge on any atom is -0.493 e. The van der Waals surface area contributed by atoms with Crippen molar-refractivity contribution in [3.63, 3.8) is 0 Å². The molecule has 2 rings (SSSR count). The van der Waals surface area contributed by atoms with Crippen molar-refractivity contribution in [2.75, 3.05) is 27.7 Å². The molecule has 2 N–H and O–H groups in total. The Hall–Kier alpha value is -2.29. The number of nitrogens with one attached hydrogen (secondary N) is 2. The number of guanidine groups is 1. The number of aliphatic imine (C=N–C) groups is 1. The van der Waals surface area contributed by atoms with E-state index < -0.39 is 0 Å². The number of ether oxygens (including phenoxy) is 1. The van der Waals surface area contributed by atoms with E-state index in [1.165, 1.54) is 0 Å². The van der Waals surface area contributed by atoms with Crippen molar-refractivity contribution in [2.24, 2.45) is 10.9 Å². The molecule has 0 aliphatic heterocycles. The van der Waals surface area contributed by atoms with Gasteiger partial charge in [0.2, 0.25) is 0 Å². The molecule has 0 aromatic heterocycles. The Morgan fingerprint density at radius 1 is 1.03 bits per heavy atom. The third kappa shape index (κ3) is 9.16. The zero-order chi connectivity index (χ0) is 21.9. The molecule has 0 spiro atoms. The first-order chi connectivity index (χ1) is 14.4. The summed E-state index contributed by atoms with van der Waals surface area (Å²) in [6, 6.07) is 15.7. The Morgan fingerprint density at radius 2 is 1.68 bits per heavy atom. The third-order valence-corrected chi connectivity index (χ3v) is 4.66. The van der Waals surface area contributed by atoms with Gasteiger partial charge in [0, 0.05) is 45.4 Å². The molecule has 0 saturated heterocycles. The SMILES string of the molecule is CN=C(NCc1ccc(C(=O)N(C)C)cc1)NCc1ccccc1OCCC(C)C.I. The topological polar surface area (TPSA) is 66.0 Å². The van der Waals surface area contributed by atoms with Gasteiger partial charge in [0.15, 0.2) is 5.96 Å². The predicted molar refractivity (Wildman–Crippen MR) is 138 cm³/mol. The van der Waals surface area contributed by atoms with E-state index in [9.17, 15) is 4.79 Å². The maximum Gasteiger partial charge on any atom is 0.253 e. The molecule has 1 amide bonds. The summed E-state index contributed by atoms with van der Waals surface area (Å²) in [6.07, 6.45) is 1.03. The number of halogens is 1. The zero-order valence-electron chi connectivity index (χ0n) is 19.1. The van der Waals surface area contributed by atoms with Crippen LogP contribution in [0.25, 0.3) is 0 Å². The standard InChI is InChI=1S/C24H34N4O2.HI/c1-18(2)14-15-30-22-9-7-6-8-21(22)17-27-24(25-3)26-16-19-10-12-20(13-11-19)23(29)28(4)5;/h6-13,18H,14-17H2,1-5H3,(H2,25,26,27);1H. The monoisotopic (exact) mass is 538 g/mol. The summed E-state index contributed by atoms with van der Waals surface area (Å²) in [7, 11) is 5.25. The molecule has 0 bridgehead atoms. The lowest BCUT2D eigenvalue weighted by Crippen LogP contribution is -2.36. The number of para-hydroxylation sites is 1. The van der Waals surface area contributed by atoms with Gasteiger partial charge in [0.1, 0.15) is 5.75 Å².